The largest absolute Gasteiger partial charge is 0.339 e. The minimum Gasteiger partial charge on any atom is -0.339 e. The number of nitrogens with zero attached hydrogens (tertiary/aromatic N) is 2. The fourth-order valence-corrected chi connectivity index (χ4v) is 3.17. The summed E-state index contributed by atoms with van der Waals surface area (Å²) >= 11 is 17.0. The first-order valence-corrected chi connectivity index (χ1v) is 7.70. The van der Waals surface area contributed by atoms with Gasteiger partial charge in [0.05, 0.1) is 20.6 Å². The van der Waals surface area contributed by atoms with Gasteiger partial charge in [0.2, 0.25) is 5.28 Å². The quantitative estimate of drug-likeness (QED) is 0.601. The Morgan fingerprint density at radius 2 is 2.00 bits per heavy atom. The second-order valence-electron chi connectivity index (χ2n) is 3.71. The number of rotatable bonds is 2. The highest BCUT2D eigenvalue weighted by molar-refractivity contribution is 9.10. The van der Waals surface area contributed by atoms with Crippen LogP contribution in [0.1, 0.15) is 0 Å². The lowest BCUT2D eigenvalue weighted by atomic mass is 10.3. The lowest BCUT2D eigenvalue weighted by Gasteiger charge is -2.09. The summed E-state index contributed by atoms with van der Waals surface area (Å²) in [4.78, 5) is 9.25. The highest BCUT2D eigenvalue weighted by Gasteiger charge is 2.10. The van der Waals surface area contributed by atoms with E-state index in [2.05, 4.69) is 31.2 Å². The number of anilines is 2. The van der Waals surface area contributed by atoms with E-state index in [1.54, 1.807) is 0 Å². The molecule has 3 rings (SSSR count). The van der Waals surface area contributed by atoms with Gasteiger partial charge >= 0.3 is 0 Å². The van der Waals surface area contributed by atoms with Crippen molar-refractivity contribution in [1.29, 1.82) is 0 Å². The topological polar surface area (TPSA) is 37.8 Å². The van der Waals surface area contributed by atoms with Crippen LogP contribution < -0.4 is 5.32 Å². The van der Waals surface area contributed by atoms with E-state index < -0.39 is 0 Å². The molecule has 0 spiro atoms. The van der Waals surface area contributed by atoms with Crippen LogP contribution in [0, 0.1) is 0 Å². The molecule has 1 aromatic carbocycles. The number of halogens is 3. The zero-order valence-electron chi connectivity index (χ0n) is 9.32. The maximum atomic E-state index is 6.06. The lowest BCUT2D eigenvalue weighted by molar-refractivity contribution is 1.23. The van der Waals surface area contributed by atoms with Crippen LogP contribution >= 0.6 is 50.5 Å². The Labute approximate surface area is 131 Å². The summed E-state index contributed by atoms with van der Waals surface area (Å²) in [5, 5.41) is 6.96. The van der Waals surface area contributed by atoms with Gasteiger partial charge < -0.3 is 5.32 Å². The van der Waals surface area contributed by atoms with Gasteiger partial charge in [-0.1, -0.05) is 17.7 Å². The molecular weight excluding hydrogens is 369 g/mol. The standard InChI is InChI=1S/C12H6BrCl2N3S/c13-9-7(14)2-1-3-8(9)16-10-6-4-5-19-11(6)18-12(15)17-10/h1-5H,(H,16,17,18). The minimum atomic E-state index is 0.218. The average molecular weight is 375 g/mol. The first kappa shape index (κ1) is 13.1. The Morgan fingerprint density at radius 1 is 1.16 bits per heavy atom. The van der Waals surface area contributed by atoms with Crippen molar-refractivity contribution in [3.05, 3.63) is 44.4 Å². The Kier molecular flexibility index (Phi) is 3.62. The molecule has 7 heteroatoms. The van der Waals surface area contributed by atoms with Gasteiger partial charge in [-0.05, 0) is 51.1 Å². The van der Waals surface area contributed by atoms with E-state index in [9.17, 15) is 0 Å². The Bertz CT molecular complexity index is 760. The number of hydrogen-bond acceptors (Lipinski definition) is 4. The van der Waals surface area contributed by atoms with Crippen LogP contribution in [0.3, 0.4) is 0 Å². The molecule has 0 radical (unpaired) electrons. The minimum absolute atomic E-state index is 0.218. The molecule has 0 atom stereocenters. The normalized spacial score (nSPS) is 10.9. The van der Waals surface area contributed by atoms with Crippen molar-refractivity contribution in [2.45, 2.75) is 0 Å². The monoisotopic (exact) mass is 373 g/mol. The molecule has 0 fully saturated rings. The van der Waals surface area contributed by atoms with E-state index in [-0.39, 0.29) is 5.28 Å². The summed E-state index contributed by atoms with van der Waals surface area (Å²) in [6.45, 7) is 0. The molecule has 0 bridgehead atoms. The molecule has 1 N–H and O–H groups in total. The molecule has 0 aliphatic carbocycles. The van der Waals surface area contributed by atoms with Crippen LogP contribution in [0.4, 0.5) is 11.5 Å². The maximum absolute atomic E-state index is 6.06. The number of benzene rings is 1. The van der Waals surface area contributed by atoms with Gasteiger partial charge in [0.25, 0.3) is 0 Å². The molecule has 96 valence electrons. The first-order valence-electron chi connectivity index (χ1n) is 5.27. The van der Waals surface area contributed by atoms with Gasteiger partial charge in [0.15, 0.2) is 0 Å². The third kappa shape index (κ3) is 2.56. The van der Waals surface area contributed by atoms with E-state index in [0.717, 1.165) is 20.4 Å². The summed E-state index contributed by atoms with van der Waals surface area (Å²) in [5.41, 5.74) is 0.828. The number of fused-ring (bicyclic) bond motifs is 1. The number of hydrogen-bond donors (Lipinski definition) is 1. The highest BCUT2D eigenvalue weighted by Crippen LogP contribution is 2.34. The third-order valence-corrected chi connectivity index (χ3v) is 4.88. The van der Waals surface area contributed by atoms with E-state index >= 15 is 0 Å². The SMILES string of the molecule is Clc1nc(Nc2cccc(Cl)c2Br)c2ccsc2n1. The second-order valence-corrected chi connectivity index (χ2v) is 6.14. The zero-order valence-corrected chi connectivity index (χ0v) is 13.2. The summed E-state index contributed by atoms with van der Waals surface area (Å²) in [6.07, 6.45) is 0. The lowest BCUT2D eigenvalue weighted by Crippen LogP contribution is -1.96. The first-order chi connectivity index (χ1) is 9.15. The number of nitrogens with one attached hydrogen (secondary N) is 1. The van der Waals surface area contributed by atoms with E-state index in [1.165, 1.54) is 11.3 Å². The second kappa shape index (κ2) is 5.25. The highest BCUT2D eigenvalue weighted by atomic mass is 79.9. The summed E-state index contributed by atoms with van der Waals surface area (Å²) in [6, 6.07) is 7.54. The van der Waals surface area contributed by atoms with E-state index in [1.807, 2.05) is 29.6 Å². The Balaban J connectivity index is 2.10. The van der Waals surface area contributed by atoms with E-state index in [4.69, 9.17) is 23.2 Å². The van der Waals surface area contributed by atoms with Crippen molar-refractivity contribution in [2.24, 2.45) is 0 Å². The average Bonchev–Trinajstić information content (AvgIpc) is 2.83. The number of aromatic nitrogens is 2. The van der Waals surface area contributed by atoms with Crippen molar-refractivity contribution in [3.8, 4) is 0 Å². The van der Waals surface area contributed by atoms with Gasteiger partial charge in [-0.3, -0.25) is 0 Å². The van der Waals surface area contributed by atoms with Crippen molar-refractivity contribution < 1.29 is 0 Å². The Hall–Kier alpha value is -0.880. The summed E-state index contributed by atoms with van der Waals surface area (Å²) < 4.78 is 0.787. The van der Waals surface area contributed by atoms with Gasteiger partial charge in [-0.15, -0.1) is 11.3 Å². The van der Waals surface area contributed by atoms with Crippen molar-refractivity contribution in [1.82, 2.24) is 9.97 Å². The van der Waals surface area contributed by atoms with Crippen LogP contribution in [0.2, 0.25) is 10.3 Å². The Morgan fingerprint density at radius 3 is 2.84 bits per heavy atom. The number of thiophene rings is 1. The van der Waals surface area contributed by atoms with Crippen LogP contribution in [0.25, 0.3) is 10.2 Å². The fourth-order valence-electron chi connectivity index (χ4n) is 1.65. The zero-order chi connectivity index (χ0) is 13.4. The van der Waals surface area contributed by atoms with Gasteiger partial charge in [0, 0.05) is 0 Å². The van der Waals surface area contributed by atoms with Crippen LogP contribution in [0.5, 0.6) is 0 Å². The van der Waals surface area contributed by atoms with Crippen molar-refractivity contribution in [3.63, 3.8) is 0 Å². The molecule has 0 amide bonds. The molecule has 2 heterocycles. The van der Waals surface area contributed by atoms with Crippen molar-refractivity contribution in [2.75, 3.05) is 5.32 Å². The van der Waals surface area contributed by atoms with Crippen molar-refractivity contribution >= 4 is 72.2 Å². The molecule has 0 aliphatic heterocycles. The summed E-state index contributed by atoms with van der Waals surface area (Å²) in [7, 11) is 0. The van der Waals surface area contributed by atoms with Crippen LogP contribution in [0.15, 0.2) is 34.1 Å². The molecule has 0 unspecified atom stereocenters. The van der Waals surface area contributed by atoms with Gasteiger partial charge in [-0.25, -0.2) is 4.98 Å². The maximum Gasteiger partial charge on any atom is 0.225 e. The van der Waals surface area contributed by atoms with Gasteiger partial charge in [-0.2, -0.15) is 4.98 Å². The fraction of sp³-hybridized carbons (Fsp3) is 0. The molecule has 0 saturated carbocycles. The predicted molar refractivity (Wildman–Crippen MR) is 84.9 cm³/mol. The summed E-state index contributed by atoms with van der Waals surface area (Å²) in [5.74, 6) is 0.666. The smallest absolute Gasteiger partial charge is 0.225 e. The van der Waals surface area contributed by atoms with Crippen LogP contribution in [-0.4, -0.2) is 9.97 Å². The van der Waals surface area contributed by atoms with Crippen LogP contribution in [-0.2, 0) is 0 Å². The molecule has 0 saturated heterocycles. The molecule has 3 nitrogen and oxygen atoms in total. The van der Waals surface area contributed by atoms with Gasteiger partial charge in [0.1, 0.15) is 10.6 Å². The molecule has 3 aromatic rings. The molecular formula is C12H6BrCl2N3S. The predicted octanol–water partition coefficient (Wildman–Crippen LogP) is 5.50. The molecule has 2 aromatic heterocycles. The molecule has 19 heavy (non-hydrogen) atoms. The third-order valence-electron chi connectivity index (χ3n) is 2.50. The van der Waals surface area contributed by atoms with E-state index in [0.29, 0.717) is 10.8 Å². The molecule has 0 aliphatic rings.